The van der Waals surface area contributed by atoms with Crippen LogP contribution in [0.15, 0.2) is 0 Å². The molecule has 1 aromatic heterocycles. The number of nitrogen functional groups attached to an aromatic ring is 1. The smallest absolute Gasteiger partial charge is 0.223 e. The van der Waals surface area contributed by atoms with Gasteiger partial charge in [-0.05, 0) is 12.8 Å². The minimum absolute atomic E-state index is 0.315. The third kappa shape index (κ3) is 1.76. The minimum atomic E-state index is 0.315. The Labute approximate surface area is 106 Å². The van der Waals surface area contributed by atoms with Crippen molar-refractivity contribution in [3.05, 3.63) is 11.6 Å². The number of nitrogens with two attached hydrogens (primary N) is 1. The second kappa shape index (κ2) is 3.86. The lowest BCUT2D eigenvalue weighted by Crippen LogP contribution is -2.57. The lowest BCUT2D eigenvalue weighted by Gasteiger charge is -2.46. The molecule has 1 atom stereocenters. The summed E-state index contributed by atoms with van der Waals surface area (Å²) in [7, 11) is 0. The molecule has 4 heterocycles. The van der Waals surface area contributed by atoms with E-state index in [0.717, 1.165) is 31.3 Å². The Hall–Kier alpha value is -1.27. The maximum atomic E-state index is 5.84. The molecule has 1 unspecified atom stereocenters. The summed E-state index contributed by atoms with van der Waals surface area (Å²) in [6.07, 6.45) is 2.40. The Balaban J connectivity index is 1.67. The highest BCUT2D eigenvalue weighted by atomic mass is 15.4. The van der Waals surface area contributed by atoms with E-state index in [1.54, 1.807) is 0 Å². The van der Waals surface area contributed by atoms with Gasteiger partial charge in [-0.1, -0.05) is 0 Å². The Morgan fingerprint density at radius 1 is 0.944 bits per heavy atom. The van der Waals surface area contributed by atoms with Crippen LogP contribution in [-0.2, 0) is 0 Å². The predicted molar refractivity (Wildman–Crippen MR) is 67.0 cm³/mol. The van der Waals surface area contributed by atoms with E-state index in [0.29, 0.717) is 17.9 Å². The third-order valence-corrected chi connectivity index (χ3v) is 4.21. The van der Waals surface area contributed by atoms with Crippen LogP contribution >= 0.6 is 0 Å². The van der Waals surface area contributed by atoms with E-state index in [-0.39, 0.29) is 0 Å². The first-order valence-corrected chi connectivity index (χ1v) is 6.77. The standard InChI is InChI=1S/C12H18N6/c13-12-15-10(8-1-2-8)14-11(16-12)9-7-17-3-5-18(9)6-4-17/h8-9H,1-7H2,(H2,13,14,15,16). The molecule has 6 heteroatoms. The van der Waals surface area contributed by atoms with E-state index in [9.17, 15) is 0 Å². The lowest BCUT2D eigenvalue weighted by molar-refractivity contribution is 0.00853. The second-order valence-electron chi connectivity index (χ2n) is 5.54. The van der Waals surface area contributed by atoms with E-state index >= 15 is 0 Å². The fourth-order valence-corrected chi connectivity index (χ4v) is 2.96. The maximum absolute atomic E-state index is 5.84. The van der Waals surface area contributed by atoms with Gasteiger partial charge in [0.1, 0.15) is 5.82 Å². The van der Waals surface area contributed by atoms with Crippen LogP contribution in [-0.4, -0.2) is 57.5 Å². The van der Waals surface area contributed by atoms with Crippen LogP contribution in [0.4, 0.5) is 5.95 Å². The van der Waals surface area contributed by atoms with Gasteiger partial charge in [-0.25, -0.2) is 4.98 Å². The van der Waals surface area contributed by atoms with Crippen LogP contribution in [0.3, 0.4) is 0 Å². The molecular formula is C12H18N6. The summed E-state index contributed by atoms with van der Waals surface area (Å²) in [5.74, 6) is 2.72. The molecule has 96 valence electrons. The quantitative estimate of drug-likeness (QED) is 0.792. The molecule has 1 aromatic rings. The maximum Gasteiger partial charge on any atom is 0.223 e. The van der Waals surface area contributed by atoms with Gasteiger partial charge in [-0.3, -0.25) is 9.80 Å². The molecule has 0 spiro atoms. The van der Waals surface area contributed by atoms with Gasteiger partial charge in [0.2, 0.25) is 5.95 Å². The Bertz CT molecular complexity index is 464. The zero-order valence-electron chi connectivity index (χ0n) is 10.4. The number of anilines is 1. The molecule has 5 rings (SSSR count). The highest BCUT2D eigenvalue weighted by Gasteiger charge is 2.36. The highest BCUT2D eigenvalue weighted by molar-refractivity contribution is 5.21. The predicted octanol–water partition coefficient (Wildman–Crippen LogP) is 0.00350. The van der Waals surface area contributed by atoms with Crippen molar-refractivity contribution >= 4 is 5.95 Å². The molecule has 3 aliphatic heterocycles. The molecule has 0 amide bonds. The van der Waals surface area contributed by atoms with Crippen molar-refractivity contribution in [1.29, 1.82) is 0 Å². The van der Waals surface area contributed by atoms with Gasteiger partial charge in [-0.2, -0.15) is 9.97 Å². The Morgan fingerprint density at radius 2 is 1.67 bits per heavy atom. The van der Waals surface area contributed by atoms with Crippen molar-refractivity contribution in [2.45, 2.75) is 24.8 Å². The first kappa shape index (κ1) is 10.6. The largest absolute Gasteiger partial charge is 0.368 e. The number of piperazine rings is 3. The summed E-state index contributed by atoms with van der Waals surface area (Å²) in [4.78, 5) is 18.3. The molecule has 0 aromatic carbocycles. The zero-order chi connectivity index (χ0) is 12.1. The van der Waals surface area contributed by atoms with Crippen molar-refractivity contribution in [2.24, 2.45) is 0 Å². The molecule has 1 saturated carbocycles. The Kier molecular flexibility index (Phi) is 2.28. The molecule has 4 aliphatic rings. The molecule has 18 heavy (non-hydrogen) atoms. The topological polar surface area (TPSA) is 71.2 Å². The number of nitrogens with zero attached hydrogens (tertiary/aromatic N) is 5. The summed E-state index contributed by atoms with van der Waals surface area (Å²) < 4.78 is 0. The van der Waals surface area contributed by atoms with Gasteiger partial charge >= 0.3 is 0 Å². The summed E-state index contributed by atoms with van der Waals surface area (Å²) in [5.41, 5.74) is 5.84. The van der Waals surface area contributed by atoms with Crippen molar-refractivity contribution in [3.63, 3.8) is 0 Å². The van der Waals surface area contributed by atoms with Gasteiger partial charge in [0.05, 0.1) is 6.04 Å². The van der Waals surface area contributed by atoms with Crippen molar-refractivity contribution in [3.8, 4) is 0 Å². The monoisotopic (exact) mass is 246 g/mol. The van der Waals surface area contributed by atoms with E-state index in [1.807, 2.05) is 0 Å². The number of hydrogen-bond acceptors (Lipinski definition) is 6. The van der Waals surface area contributed by atoms with Crippen molar-refractivity contribution in [2.75, 3.05) is 38.5 Å². The number of hydrogen-bond donors (Lipinski definition) is 1. The first-order valence-electron chi connectivity index (χ1n) is 6.77. The summed E-state index contributed by atoms with van der Waals surface area (Å²) in [6.45, 7) is 5.62. The SMILES string of the molecule is Nc1nc(C2CC2)nc(C2CN3CCN2CC3)n1. The first-order chi connectivity index (χ1) is 8.79. The zero-order valence-corrected chi connectivity index (χ0v) is 10.4. The second-order valence-corrected chi connectivity index (χ2v) is 5.54. The number of aromatic nitrogens is 3. The van der Waals surface area contributed by atoms with Gasteiger partial charge in [0.15, 0.2) is 5.82 Å². The van der Waals surface area contributed by atoms with Crippen LogP contribution in [0, 0.1) is 0 Å². The van der Waals surface area contributed by atoms with Crippen LogP contribution in [0.2, 0.25) is 0 Å². The average molecular weight is 246 g/mol. The van der Waals surface area contributed by atoms with E-state index in [2.05, 4.69) is 24.8 Å². The summed E-state index contributed by atoms with van der Waals surface area (Å²) >= 11 is 0. The molecule has 3 saturated heterocycles. The summed E-state index contributed by atoms with van der Waals surface area (Å²) in [5, 5.41) is 0. The van der Waals surface area contributed by atoms with E-state index in [4.69, 9.17) is 5.73 Å². The summed E-state index contributed by atoms with van der Waals surface area (Å²) in [6, 6.07) is 0.315. The molecule has 2 N–H and O–H groups in total. The molecule has 4 fully saturated rings. The molecule has 1 aliphatic carbocycles. The lowest BCUT2D eigenvalue weighted by atomic mass is 10.1. The minimum Gasteiger partial charge on any atom is -0.368 e. The Morgan fingerprint density at radius 3 is 2.28 bits per heavy atom. The molecular weight excluding hydrogens is 228 g/mol. The van der Waals surface area contributed by atoms with Crippen LogP contribution in [0.25, 0.3) is 0 Å². The highest BCUT2D eigenvalue weighted by Crippen LogP contribution is 2.38. The van der Waals surface area contributed by atoms with Gasteiger partial charge in [0.25, 0.3) is 0 Å². The van der Waals surface area contributed by atoms with Gasteiger partial charge in [0, 0.05) is 38.6 Å². The molecule has 6 nitrogen and oxygen atoms in total. The fraction of sp³-hybridized carbons (Fsp3) is 0.750. The van der Waals surface area contributed by atoms with E-state index < -0.39 is 0 Å². The van der Waals surface area contributed by atoms with Crippen molar-refractivity contribution in [1.82, 2.24) is 24.8 Å². The molecule has 2 bridgehead atoms. The van der Waals surface area contributed by atoms with Gasteiger partial charge in [-0.15, -0.1) is 0 Å². The number of rotatable bonds is 2. The van der Waals surface area contributed by atoms with Gasteiger partial charge < -0.3 is 5.73 Å². The third-order valence-electron chi connectivity index (χ3n) is 4.21. The van der Waals surface area contributed by atoms with Crippen LogP contribution in [0.1, 0.15) is 36.5 Å². The molecule has 0 radical (unpaired) electrons. The number of fused-ring (bicyclic) bond motifs is 3. The average Bonchev–Trinajstić information content (AvgIpc) is 3.23. The van der Waals surface area contributed by atoms with Crippen LogP contribution < -0.4 is 5.73 Å². The van der Waals surface area contributed by atoms with Crippen LogP contribution in [0.5, 0.6) is 0 Å². The van der Waals surface area contributed by atoms with E-state index in [1.165, 1.54) is 25.9 Å². The fourth-order valence-electron chi connectivity index (χ4n) is 2.96. The van der Waals surface area contributed by atoms with Crippen molar-refractivity contribution < 1.29 is 0 Å². The normalized spacial score (nSPS) is 34.8.